The van der Waals surface area contributed by atoms with Gasteiger partial charge in [-0.2, -0.15) is 0 Å². The summed E-state index contributed by atoms with van der Waals surface area (Å²) >= 11 is 0. The molecule has 1 fully saturated rings. The molecule has 0 bridgehead atoms. The van der Waals surface area contributed by atoms with Crippen LogP contribution in [0.3, 0.4) is 0 Å². The first kappa shape index (κ1) is 16.4. The zero-order chi connectivity index (χ0) is 17.9. The van der Waals surface area contributed by atoms with Crippen molar-refractivity contribution in [3.05, 3.63) is 60.2 Å². The molecule has 2 heterocycles. The van der Waals surface area contributed by atoms with Crippen LogP contribution in [0.25, 0.3) is 11.3 Å². The molecule has 0 aliphatic heterocycles. The van der Waals surface area contributed by atoms with Crippen LogP contribution in [0.5, 0.6) is 5.75 Å². The summed E-state index contributed by atoms with van der Waals surface area (Å²) in [6.45, 7) is 0.106. The highest BCUT2D eigenvalue weighted by Gasteiger charge is 2.27. The molecule has 4 rings (SSSR count). The van der Waals surface area contributed by atoms with Crippen molar-refractivity contribution >= 4 is 5.82 Å². The third-order valence-electron chi connectivity index (χ3n) is 4.59. The summed E-state index contributed by atoms with van der Waals surface area (Å²) in [6.07, 6.45) is 9.37. The van der Waals surface area contributed by atoms with Crippen LogP contribution in [0, 0.1) is 5.82 Å². The highest BCUT2D eigenvalue weighted by molar-refractivity contribution is 5.64. The van der Waals surface area contributed by atoms with Crippen LogP contribution in [0.15, 0.2) is 43.0 Å². The van der Waals surface area contributed by atoms with Crippen LogP contribution >= 0.6 is 0 Å². The molecule has 1 saturated carbocycles. The van der Waals surface area contributed by atoms with E-state index in [0.717, 1.165) is 24.8 Å². The van der Waals surface area contributed by atoms with Crippen molar-refractivity contribution in [3.8, 4) is 17.0 Å². The molecule has 0 atom stereocenters. The van der Waals surface area contributed by atoms with Crippen molar-refractivity contribution in [2.75, 3.05) is 5.73 Å². The van der Waals surface area contributed by atoms with Crippen molar-refractivity contribution in [2.24, 2.45) is 0 Å². The molecule has 1 aliphatic carbocycles. The fraction of sp³-hybridized carbons (Fsp3) is 0.263. The average Bonchev–Trinajstić information content (AvgIpc) is 2.62. The Morgan fingerprint density at radius 3 is 2.54 bits per heavy atom. The molecule has 2 aromatic heterocycles. The van der Waals surface area contributed by atoms with Gasteiger partial charge >= 0.3 is 0 Å². The Bertz CT molecular complexity index is 898. The van der Waals surface area contributed by atoms with E-state index in [1.807, 2.05) is 6.07 Å². The summed E-state index contributed by atoms with van der Waals surface area (Å²) in [5, 5.41) is 0. The van der Waals surface area contributed by atoms with Crippen LogP contribution < -0.4 is 10.5 Å². The molecule has 2 N–H and O–H groups in total. The first-order chi connectivity index (χ1) is 12.7. The average molecular weight is 351 g/mol. The van der Waals surface area contributed by atoms with Gasteiger partial charge in [0.15, 0.2) is 17.4 Å². The molecule has 6 nitrogen and oxygen atoms in total. The molecular weight excluding hydrogens is 333 g/mol. The van der Waals surface area contributed by atoms with E-state index in [1.54, 1.807) is 24.5 Å². The third-order valence-corrected chi connectivity index (χ3v) is 4.59. The highest BCUT2D eigenvalue weighted by atomic mass is 19.1. The van der Waals surface area contributed by atoms with Crippen LogP contribution in [0.1, 0.15) is 36.6 Å². The molecular formula is C19H18FN5O. The Kier molecular flexibility index (Phi) is 4.43. The fourth-order valence-corrected chi connectivity index (χ4v) is 2.97. The Morgan fingerprint density at radius 2 is 1.88 bits per heavy atom. The molecule has 132 valence electrons. The maximum absolute atomic E-state index is 15.3. The number of ether oxygens (including phenoxy) is 1. The molecule has 0 saturated heterocycles. The highest BCUT2D eigenvalue weighted by Crippen LogP contribution is 2.43. The van der Waals surface area contributed by atoms with Gasteiger partial charge in [-0.25, -0.2) is 19.3 Å². The Labute approximate surface area is 150 Å². The number of aromatic nitrogens is 4. The number of benzene rings is 1. The van der Waals surface area contributed by atoms with E-state index in [0.29, 0.717) is 23.0 Å². The lowest BCUT2D eigenvalue weighted by atomic mass is 9.79. The van der Waals surface area contributed by atoms with Crippen molar-refractivity contribution in [3.63, 3.8) is 0 Å². The van der Waals surface area contributed by atoms with E-state index in [4.69, 9.17) is 10.5 Å². The van der Waals surface area contributed by atoms with Crippen molar-refractivity contribution < 1.29 is 9.13 Å². The SMILES string of the molecule is Nc1cnc(-c2ccc(C3CCC3)c(OCc3ncccn3)c2F)cn1. The van der Waals surface area contributed by atoms with E-state index < -0.39 is 5.82 Å². The normalized spacial score (nSPS) is 14.0. The fourth-order valence-electron chi connectivity index (χ4n) is 2.97. The van der Waals surface area contributed by atoms with Gasteiger partial charge in [0.25, 0.3) is 0 Å². The van der Waals surface area contributed by atoms with Crippen LogP contribution in [0.2, 0.25) is 0 Å². The Morgan fingerprint density at radius 1 is 1.08 bits per heavy atom. The van der Waals surface area contributed by atoms with E-state index in [1.165, 1.54) is 12.4 Å². The van der Waals surface area contributed by atoms with Crippen LogP contribution in [-0.2, 0) is 6.61 Å². The summed E-state index contributed by atoms with van der Waals surface area (Å²) in [5.74, 6) is 0.924. The Hall–Kier alpha value is -3.09. The molecule has 7 heteroatoms. The van der Waals surface area contributed by atoms with Crippen LogP contribution in [0.4, 0.5) is 10.2 Å². The van der Waals surface area contributed by atoms with Crippen LogP contribution in [-0.4, -0.2) is 19.9 Å². The molecule has 1 aliphatic rings. The summed E-state index contributed by atoms with van der Waals surface area (Å²) in [6, 6.07) is 5.38. The van der Waals surface area contributed by atoms with Crippen molar-refractivity contribution in [2.45, 2.75) is 31.8 Å². The van der Waals surface area contributed by atoms with E-state index in [-0.39, 0.29) is 18.2 Å². The minimum Gasteiger partial charge on any atom is -0.482 e. The number of anilines is 1. The standard InChI is InChI=1S/C19H18FN5O/c20-18-14(15-9-25-16(21)10-24-15)6-5-13(12-3-1-4-12)19(18)26-11-17-22-7-2-8-23-17/h2,5-10,12H,1,3-4,11H2,(H2,21,25). The number of nitrogen functional groups attached to an aromatic ring is 1. The number of hydrogen-bond acceptors (Lipinski definition) is 6. The predicted molar refractivity (Wildman–Crippen MR) is 94.8 cm³/mol. The summed E-state index contributed by atoms with van der Waals surface area (Å²) in [4.78, 5) is 16.4. The van der Waals surface area contributed by atoms with Gasteiger partial charge in [-0.15, -0.1) is 0 Å². The Balaban J connectivity index is 1.70. The maximum Gasteiger partial charge on any atom is 0.174 e. The maximum atomic E-state index is 15.3. The van der Waals surface area contributed by atoms with Gasteiger partial charge in [0.05, 0.1) is 18.1 Å². The van der Waals surface area contributed by atoms with E-state index in [2.05, 4.69) is 19.9 Å². The molecule has 0 spiro atoms. The number of nitrogens with two attached hydrogens (primary N) is 1. The lowest BCUT2D eigenvalue weighted by molar-refractivity contribution is 0.270. The van der Waals surface area contributed by atoms with E-state index >= 15 is 4.39 Å². The summed E-state index contributed by atoms with van der Waals surface area (Å²) < 4.78 is 21.1. The smallest absolute Gasteiger partial charge is 0.174 e. The summed E-state index contributed by atoms with van der Waals surface area (Å²) in [5.41, 5.74) is 7.21. The number of nitrogens with zero attached hydrogens (tertiary/aromatic N) is 4. The van der Waals surface area contributed by atoms with E-state index in [9.17, 15) is 0 Å². The van der Waals surface area contributed by atoms with Gasteiger partial charge < -0.3 is 10.5 Å². The van der Waals surface area contributed by atoms with Crippen molar-refractivity contribution in [1.29, 1.82) is 0 Å². The van der Waals surface area contributed by atoms with Gasteiger partial charge in [0.1, 0.15) is 12.4 Å². The lowest BCUT2D eigenvalue weighted by Crippen LogP contribution is -2.13. The second-order valence-electron chi connectivity index (χ2n) is 6.25. The second kappa shape index (κ2) is 7.03. The zero-order valence-electron chi connectivity index (χ0n) is 14.1. The third kappa shape index (κ3) is 3.20. The number of halogens is 1. The number of hydrogen-bond donors (Lipinski definition) is 1. The largest absolute Gasteiger partial charge is 0.482 e. The monoisotopic (exact) mass is 351 g/mol. The minimum absolute atomic E-state index is 0.106. The molecule has 0 unspecified atom stereocenters. The van der Waals surface area contributed by atoms with Gasteiger partial charge in [-0.1, -0.05) is 12.5 Å². The zero-order valence-corrected chi connectivity index (χ0v) is 14.1. The first-order valence-electron chi connectivity index (χ1n) is 8.51. The van der Waals surface area contributed by atoms with Gasteiger partial charge in [-0.3, -0.25) is 4.98 Å². The van der Waals surface area contributed by atoms with Gasteiger partial charge in [-0.05, 0) is 30.9 Å². The molecule has 0 radical (unpaired) electrons. The molecule has 1 aromatic carbocycles. The molecule has 0 amide bonds. The van der Waals surface area contributed by atoms with Crippen molar-refractivity contribution in [1.82, 2.24) is 19.9 Å². The topological polar surface area (TPSA) is 86.8 Å². The number of rotatable bonds is 5. The predicted octanol–water partition coefficient (Wildman–Crippen LogP) is 3.50. The quantitative estimate of drug-likeness (QED) is 0.757. The van der Waals surface area contributed by atoms with Gasteiger partial charge in [0, 0.05) is 23.5 Å². The second-order valence-corrected chi connectivity index (χ2v) is 6.25. The molecule has 3 aromatic rings. The first-order valence-corrected chi connectivity index (χ1v) is 8.51. The molecule has 26 heavy (non-hydrogen) atoms. The minimum atomic E-state index is -0.440. The summed E-state index contributed by atoms with van der Waals surface area (Å²) in [7, 11) is 0. The lowest BCUT2D eigenvalue weighted by Gasteiger charge is -2.28. The van der Waals surface area contributed by atoms with Gasteiger partial charge in [0.2, 0.25) is 0 Å².